The molecule has 0 saturated carbocycles. The lowest BCUT2D eigenvalue weighted by Crippen LogP contribution is -2.30. The lowest BCUT2D eigenvalue weighted by atomic mass is 10.6. The van der Waals surface area contributed by atoms with Crippen LogP contribution < -0.4 is 17.3 Å². The highest BCUT2D eigenvalue weighted by Gasteiger charge is 1.91. The molecule has 1 rings (SSSR count). The maximum atomic E-state index is 10.5. The minimum atomic E-state index is -0.546. The van der Waals surface area contributed by atoms with Crippen molar-refractivity contribution < 1.29 is 0 Å². The number of nitrogen functional groups attached to an aromatic ring is 2. The van der Waals surface area contributed by atoms with Crippen LogP contribution >= 0.6 is 0 Å². The molecule has 9 heavy (non-hydrogen) atoms. The van der Waals surface area contributed by atoms with Gasteiger partial charge in [-0.25, -0.2) is 4.79 Å². The second kappa shape index (κ2) is 1.77. The molecule has 1 aromatic heterocycles. The predicted octanol–water partition coefficient (Wildman–Crippen LogP) is -1.46. The van der Waals surface area contributed by atoms with Crippen LogP contribution in [0.25, 0.3) is 0 Å². The van der Waals surface area contributed by atoms with Gasteiger partial charge in [-0.3, -0.25) is 0 Å². The first-order valence-electron chi connectivity index (χ1n) is 2.30. The zero-order chi connectivity index (χ0) is 6.85. The van der Waals surface area contributed by atoms with Crippen molar-refractivity contribution in [1.82, 2.24) is 9.66 Å². The molecule has 0 unspecified atom stereocenters. The van der Waals surface area contributed by atoms with Gasteiger partial charge in [0.25, 0.3) is 0 Å². The number of aromatic nitrogens is 2. The summed E-state index contributed by atoms with van der Waals surface area (Å²) in [6, 6.07) is 1.45. The molecule has 0 saturated heterocycles. The second-order valence-corrected chi connectivity index (χ2v) is 1.52. The third-order valence-corrected chi connectivity index (χ3v) is 0.915. The van der Waals surface area contributed by atoms with E-state index in [1.54, 1.807) is 0 Å². The van der Waals surface area contributed by atoms with Crippen LogP contribution in [0.4, 0.5) is 5.82 Å². The van der Waals surface area contributed by atoms with Crippen molar-refractivity contribution in [3.05, 3.63) is 22.7 Å². The van der Waals surface area contributed by atoms with Crippen molar-refractivity contribution in [3.63, 3.8) is 0 Å². The van der Waals surface area contributed by atoms with Gasteiger partial charge in [-0.1, -0.05) is 0 Å². The number of rotatable bonds is 0. The molecule has 0 aromatic carbocycles. The maximum Gasteiger partial charge on any atom is 0.367 e. The van der Waals surface area contributed by atoms with E-state index in [-0.39, 0.29) is 5.82 Å². The molecule has 48 valence electrons. The van der Waals surface area contributed by atoms with Gasteiger partial charge in [-0.2, -0.15) is 9.66 Å². The van der Waals surface area contributed by atoms with Crippen LogP contribution in [0.2, 0.25) is 0 Å². The third-order valence-electron chi connectivity index (χ3n) is 0.915. The minimum Gasteiger partial charge on any atom is -0.384 e. The van der Waals surface area contributed by atoms with Crippen LogP contribution in [0.15, 0.2) is 17.1 Å². The molecule has 0 aliphatic heterocycles. The van der Waals surface area contributed by atoms with E-state index in [1.165, 1.54) is 12.3 Å². The summed E-state index contributed by atoms with van der Waals surface area (Å²) in [5, 5.41) is 0. The summed E-state index contributed by atoms with van der Waals surface area (Å²) in [5.41, 5.74) is 4.67. The Hall–Kier alpha value is -1.52. The van der Waals surface area contributed by atoms with Gasteiger partial charge in [-0.15, -0.1) is 0 Å². The average molecular weight is 126 g/mol. The molecule has 0 amide bonds. The van der Waals surface area contributed by atoms with Gasteiger partial charge < -0.3 is 11.6 Å². The molecule has 0 aliphatic rings. The first-order valence-corrected chi connectivity index (χ1v) is 2.30. The van der Waals surface area contributed by atoms with Crippen molar-refractivity contribution in [2.24, 2.45) is 0 Å². The highest BCUT2D eigenvalue weighted by molar-refractivity contribution is 5.25. The quantitative estimate of drug-likeness (QED) is 0.416. The number of anilines is 1. The molecule has 5 heteroatoms. The van der Waals surface area contributed by atoms with Crippen LogP contribution in [-0.4, -0.2) is 9.66 Å². The first kappa shape index (κ1) is 5.61. The van der Waals surface area contributed by atoms with Crippen molar-refractivity contribution in [2.75, 3.05) is 11.6 Å². The fraction of sp³-hybridized carbons (Fsp3) is 0. The standard InChI is InChI=1S/C4H6N4O/c5-3-1-2-7-4(9)8(3)6/h1-2H,5-6H2. The van der Waals surface area contributed by atoms with Crippen LogP contribution in [0.1, 0.15) is 0 Å². The Morgan fingerprint density at radius 2 is 2.33 bits per heavy atom. The summed E-state index contributed by atoms with van der Waals surface area (Å²) in [7, 11) is 0. The van der Waals surface area contributed by atoms with Crippen LogP contribution in [0.3, 0.4) is 0 Å². The van der Waals surface area contributed by atoms with Crippen molar-refractivity contribution in [3.8, 4) is 0 Å². The van der Waals surface area contributed by atoms with E-state index in [4.69, 9.17) is 11.6 Å². The number of nitrogens with two attached hydrogens (primary N) is 2. The Bertz CT molecular complexity index is 266. The largest absolute Gasteiger partial charge is 0.384 e. The Morgan fingerprint density at radius 1 is 1.67 bits per heavy atom. The summed E-state index contributed by atoms with van der Waals surface area (Å²) in [4.78, 5) is 13.8. The summed E-state index contributed by atoms with van der Waals surface area (Å²) < 4.78 is 0.778. The summed E-state index contributed by atoms with van der Waals surface area (Å²) in [5.74, 6) is 5.30. The maximum absolute atomic E-state index is 10.5. The van der Waals surface area contributed by atoms with Crippen molar-refractivity contribution >= 4 is 5.82 Å². The minimum absolute atomic E-state index is 0.204. The van der Waals surface area contributed by atoms with E-state index in [9.17, 15) is 4.79 Å². The Kier molecular flexibility index (Phi) is 1.11. The number of nitrogens with zero attached hydrogens (tertiary/aromatic N) is 2. The molecule has 4 N–H and O–H groups in total. The van der Waals surface area contributed by atoms with Gasteiger partial charge in [0.2, 0.25) is 0 Å². The molecule has 0 atom stereocenters. The van der Waals surface area contributed by atoms with E-state index in [2.05, 4.69) is 4.98 Å². The van der Waals surface area contributed by atoms with E-state index >= 15 is 0 Å². The van der Waals surface area contributed by atoms with E-state index in [0.29, 0.717) is 0 Å². The zero-order valence-electron chi connectivity index (χ0n) is 4.61. The topological polar surface area (TPSA) is 86.9 Å². The highest BCUT2D eigenvalue weighted by atomic mass is 16.1. The Balaban J connectivity index is 3.43. The van der Waals surface area contributed by atoms with Crippen molar-refractivity contribution in [1.29, 1.82) is 0 Å². The molecule has 0 fully saturated rings. The average Bonchev–Trinajstić information content (AvgIpc) is 1.83. The summed E-state index contributed by atoms with van der Waals surface area (Å²) in [6.07, 6.45) is 1.31. The lowest BCUT2D eigenvalue weighted by Gasteiger charge is -1.97. The number of hydrogen-bond donors (Lipinski definition) is 2. The van der Waals surface area contributed by atoms with E-state index in [1.807, 2.05) is 0 Å². The molecular formula is C4H6N4O. The van der Waals surface area contributed by atoms with Gasteiger partial charge in [0.1, 0.15) is 5.82 Å². The highest BCUT2D eigenvalue weighted by Crippen LogP contribution is 1.86. The molecule has 5 nitrogen and oxygen atoms in total. The molecule has 0 bridgehead atoms. The van der Waals surface area contributed by atoms with Gasteiger partial charge in [0, 0.05) is 6.20 Å². The SMILES string of the molecule is Nc1ccnc(=O)n1N. The van der Waals surface area contributed by atoms with Gasteiger partial charge in [-0.05, 0) is 6.07 Å². The lowest BCUT2D eigenvalue weighted by molar-refractivity contribution is 0.885. The summed E-state index contributed by atoms with van der Waals surface area (Å²) in [6.45, 7) is 0. The molecule has 0 spiro atoms. The molecular weight excluding hydrogens is 120 g/mol. The molecule has 0 aliphatic carbocycles. The third kappa shape index (κ3) is 0.835. The first-order chi connectivity index (χ1) is 4.22. The second-order valence-electron chi connectivity index (χ2n) is 1.52. The molecule has 1 aromatic rings. The van der Waals surface area contributed by atoms with Gasteiger partial charge in [0.15, 0.2) is 0 Å². The normalized spacial score (nSPS) is 9.33. The number of hydrogen-bond acceptors (Lipinski definition) is 4. The zero-order valence-corrected chi connectivity index (χ0v) is 4.61. The van der Waals surface area contributed by atoms with Crippen LogP contribution in [0, 0.1) is 0 Å². The molecule has 1 heterocycles. The van der Waals surface area contributed by atoms with Crippen molar-refractivity contribution in [2.45, 2.75) is 0 Å². The van der Waals surface area contributed by atoms with Gasteiger partial charge >= 0.3 is 5.69 Å². The van der Waals surface area contributed by atoms with Crippen LogP contribution in [-0.2, 0) is 0 Å². The smallest absolute Gasteiger partial charge is 0.367 e. The fourth-order valence-electron chi connectivity index (χ4n) is 0.430. The predicted molar refractivity (Wildman–Crippen MR) is 33.1 cm³/mol. The Labute approximate surface area is 50.9 Å². The monoisotopic (exact) mass is 126 g/mol. The molecule has 0 radical (unpaired) electrons. The van der Waals surface area contributed by atoms with Crippen LogP contribution in [0.5, 0.6) is 0 Å². The van der Waals surface area contributed by atoms with E-state index in [0.717, 1.165) is 4.68 Å². The fourth-order valence-corrected chi connectivity index (χ4v) is 0.430. The van der Waals surface area contributed by atoms with Gasteiger partial charge in [0.05, 0.1) is 0 Å². The Morgan fingerprint density at radius 3 is 2.78 bits per heavy atom. The van der Waals surface area contributed by atoms with E-state index < -0.39 is 5.69 Å². The summed E-state index contributed by atoms with van der Waals surface area (Å²) >= 11 is 0.